The van der Waals surface area contributed by atoms with Gasteiger partial charge in [-0.25, -0.2) is 4.98 Å². The van der Waals surface area contributed by atoms with Gasteiger partial charge in [-0.05, 0) is 13.0 Å². The van der Waals surface area contributed by atoms with Gasteiger partial charge in [0.25, 0.3) is 0 Å². The van der Waals surface area contributed by atoms with Crippen molar-refractivity contribution in [1.29, 1.82) is 5.26 Å². The van der Waals surface area contributed by atoms with Crippen molar-refractivity contribution in [3.63, 3.8) is 0 Å². The number of nitrogens with zero attached hydrogens (tertiary/aromatic N) is 3. The predicted molar refractivity (Wildman–Crippen MR) is 62.0 cm³/mol. The lowest BCUT2D eigenvalue weighted by atomic mass is 10.1. The van der Waals surface area contributed by atoms with Crippen molar-refractivity contribution >= 4 is 11.8 Å². The van der Waals surface area contributed by atoms with Crippen LogP contribution in [0.5, 0.6) is 0 Å². The van der Waals surface area contributed by atoms with E-state index >= 15 is 0 Å². The average Bonchev–Trinajstić information content (AvgIpc) is 2.39. The number of imide groups is 1. The van der Waals surface area contributed by atoms with E-state index < -0.39 is 0 Å². The molecule has 0 aromatic carbocycles. The second-order valence-electron chi connectivity index (χ2n) is 4.04. The molecule has 6 heteroatoms. The van der Waals surface area contributed by atoms with Gasteiger partial charge in [-0.1, -0.05) is 6.07 Å². The van der Waals surface area contributed by atoms with Gasteiger partial charge in [0.15, 0.2) is 0 Å². The first-order valence-electron chi connectivity index (χ1n) is 5.55. The molecule has 1 aromatic rings. The number of hydrogen-bond donors (Lipinski definition) is 1. The summed E-state index contributed by atoms with van der Waals surface area (Å²) in [7, 11) is 0. The molecule has 1 N–H and O–H groups in total. The monoisotopic (exact) mass is 244 g/mol. The van der Waals surface area contributed by atoms with Crippen molar-refractivity contribution in [1.82, 2.24) is 15.2 Å². The number of hydrogen-bond acceptors (Lipinski definition) is 5. The molecule has 0 radical (unpaired) electrons. The normalized spacial score (nSPS) is 19.8. The third-order valence-corrected chi connectivity index (χ3v) is 2.82. The van der Waals surface area contributed by atoms with Gasteiger partial charge in [-0.15, -0.1) is 0 Å². The Balaban J connectivity index is 2.25. The number of rotatable bonds is 2. The summed E-state index contributed by atoms with van der Waals surface area (Å²) in [6.45, 7) is 1.94. The van der Waals surface area contributed by atoms with Gasteiger partial charge in [0, 0.05) is 11.8 Å². The molecule has 1 aliphatic rings. The first-order chi connectivity index (χ1) is 8.63. The van der Waals surface area contributed by atoms with Crippen molar-refractivity contribution in [2.45, 2.75) is 19.5 Å². The lowest BCUT2D eigenvalue weighted by molar-refractivity contribution is -0.149. The molecular weight excluding hydrogens is 232 g/mol. The standard InChI is InChI=1S/C12H12N4O2/c1-8-12(18)16(11(17)6-15-8)7-9-3-2-4-14-10(9)5-13/h2-4,8,15H,6-7H2,1H3. The molecule has 1 atom stereocenters. The highest BCUT2D eigenvalue weighted by atomic mass is 16.2. The summed E-state index contributed by atoms with van der Waals surface area (Å²) < 4.78 is 0. The number of carbonyl (C=O) groups excluding carboxylic acids is 2. The number of nitriles is 1. The predicted octanol–water partition coefficient (Wildman–Crippen LogP) is -0.200. The van der Waals surface area contributed by atoms with Crippen LogP contribution < -0.4 is 5.32 Å². The minimum Gasteiger partial charge on any atom is -0.298 e. The SMILES string of the molecule is CC1NCC(=O)N(Cc2cccnc2C#N)C1=O. The summed E-state index contributed by atoms with van der Waals surface area (Å²) in [5, 5.41) is 11.7. The van der Waals surface area contributed by atoms with Gasteiger partial charge in [0.2, 0.25) is 11.8 Å². The van der Waals surface area contributed by atoms with E-state index in [-0.39, 0.29) is 36.6 Å². The highest BCUT2D eigenvalue weighted by Gasteiger charge is 2.31. The Labute approximate surface area is 104 Å². The molecule has 1 aliphatic heterocycles. The van der Waals surface area contributed by atoms with Crippen LogP contribution >= 0.6 is 0 Å². The minimum atomic E-state index is -0.384. The van der Waals surface area contributed by atoms with E-state index in [1.54, 1.807) is 19.1 Å². The average molecular weight is 244 g/mol. The summed E-state index contributed by atoms with van der Waals surface area (Å²) in [4.78, 5) is 28.6. The summed E-state index contributed by atoms with van der Waals surface area (Å²) in [5.41, 5.74) is 0.820. The van der Waals surface area contributed by atoms with Gasteiger partial charge in [-0.2, -0.15) is 5.26 Å². The number of piperazine rings is 1. The maximum absolute atomic E-state index is 11.9. The topological polar surface area (TPSA) is 86.1 Å². The van der Waals surface area contributed by atoms with Crippen LogP contribution in [0.2, 0.25) is 0 Å². The Hall–Kier alpha value is -2.26. The van der Waals surface area contributed by atoms with Gasteiger partial charge in [0.05, 0.1) is 19.1 Å². The molecule has 0 aliphatic carbocycles. The quantitative estimate of drug-likeness (QED) is 0.728. The third kappa shape index (κ3) is 2.21. The molecule has 92 valence electrons. The summed E-state index contributed by atoms with van der Waals surface area (Å²) in [6, 6.07) is 4.94. The van der Waals surface area contributed by atoms with Gasteiger partial charge < -0.3 is 0 Å². The zero-order valence-corrected chi connectivity index (χ0v) is 9.88. The Morgan fingerprint density at radius 3 is 3.11 bits per heavy atom. The fourth-order valence-corrected chi connectivity index (χ4v) is 1.78. The second kappa shape index (κ2) is 4.94. The molecule has 0 saturated carbocycles. The molecule has 1 aromatic heterocycles. The van der Waals surface area contributed by atoms with Crippen molar-refractivity contribution in [3.05, 3.63) is 29.6 Å². The van der Waals surface area contributed by atoms with Crippen molar-refractivity contribution in [2.24, 2.45) is 0 Å². The number of amides is 2. The number of aromatic nitrogens is 1. The summed E-state index contributed by atoms with van der Waals surface area (Å²) >= 11 is 0. The van der Waals surface area contributed by atoms with E-state index in [4.69, 9.17) is 5.26 Å². The molecule has 1 fully saturated rings. The number of nitrogens with one attached hydrogen (secondary N) is 1. The third-order valence-electron chi connectivity index (χ3n) is 2.82. The second-order valence-corrected chi connectivity index (χ2v) is 4.04. The van der Waals surface area contributed by atoms with Crippen LogP contribution in [0.4, 0.5) is 0 Å². The van der Waals surface area contributed by atoms with E-state index in [0.717, 1.165) is 0 Å². The molecular formula is C12H12N4O2. The fraction of sp³-hybridized carbons (Fsp3) is 0.333. The van der Waals surface area contributed by atoms with Gasteiger partial charge in [-0.3, -0.25) is 19.8 Å². The zero-order chi connectivity index (χ0) is 13.1. The van der Waals surface area contributed by atoms with Crippen molar-refractivity contribution in [2.75, 3.05) is 6.54 Å². The van der Waals surface area contributed by atoms with Crippen LogP contribution in [0.1, 0.15) is 18.2 Å². The molecule has 18 heavy (non-hydrogen) atoms. The lowest BCUT2D eigenvalue weighted by Gasteiger charge is -2.29. The first kappa shape index (κ1) is 12.2. The highest BCUT2D eigenvalue weighted by molar-refractivity contribution is 6.00. The van der Waals surface area contributed by atoms with Crippen molar-refractivity contribution in [3.8, 4) is 6.07 Å². The molecule has 2 amide bonds. The molecule has 0 bridgehead atoms. The van der Waals surface area contributed by atoms with Crippen LogP contribution in [-0.2, 0) is 16.1 Å². The maximum Gasteiger partial charge on any atom is 0.246 e. The number of carbonyl (C=O) groups is 2. The van der Waals surface area contributed by atoms with E-state index in [1.165, 1.54) is 11.1 Å². The van der Waals surface area contributed by atoms with Gasteiger partial charge in [0.1, 0.15) is 11.8 Å². The molecule has 2 rings (SSSR count). The molecule has 1 unspecified atom stereocenters. The van der Waals surface area contributed by atoms with Crippen molar-refractivity contribution < 1.29 is 9.59 Å². The Morgan fingerprint density at radius 1 is 1.61 bits per heavy atom. The molecule has 6 nitrogen and oxygen atoms in total. The zero-order valence-electron chi connectivity index (χ0n) is 9.88. The number of pyridine rings is 1. The first-order valence-corrected chi connectivity index (χ1v) is 5.55. The van der Waals surface area contributed by atoms with E-state index in [9.17, 15) is 9.59 Å². The molecule has 2 heterocycles. The van der Waals surface area contributed by atoms with E-state index in [2.05, 4.69) is 10.3 Å². The Kier molecular flexibility index (Phi) is 3.35. The highest BCUT2D eigenvalue weighted by Crippen LogP contribution is 2.12. The lowest BCUT2D eigenvalue weighted by Crippen LogP contribution is -2.56. The summed E-state index contributed by atoms with van der Waals surface area (Å²) in [5.74, 6) is -0.565. The van der Waals surface area contributed by atoms with Crippen LogP contribution in [0.3, 0.4) is 0 Å². The maximum atomic E-state index is 11.9. The summed E-state index contributed by atoms with van der Waals surface area (Å²) in [6.07, 6.45) is 1.51. The minimum absolute atomic E-state index is 0.0976. The van der Waals surface area contributed by atoms with E-state index in [1.807, 2.05) is 6.07 Å². The molecule has 0 spiro atoms. The van der Waals surface area contributed by atoms with Crippen LogP contribution in [0, 0.1) is 11.3 Å². The Bertz CT molecular complexity index is 535. The van der Waals surface area contributed by atoms with Crippen LogP contribution in [-0.4, -0.2) is 34.3 Å². The van der Waals surface area contributed by atoms with Gasteiger partial charge >= 0.3 is 0 Å². The smallest absolute Gasteiger partial charge is 0.246 e. The van der Waals surface area contributed by atoms with Crippen LogP contribution in [0.15, 0.2) is 18.3 Å². The van der Waals surface area contributed by atoms with Crippen LogP contribution in [0.25, 0.3) is 0 Å². The Morgan fingerprint density at radius 2 is 2.39 bits per heavy atom. The fourth-order valence-electron chi connectivity index (χ4n) is 1.78. The largest absolute Gasteiger partial charge is 0.298 e. The molecule has 1 saturated heterocycles. The van der Waals surface area contributed by atoms with E-state index in [0.29, 0.717) is 5.56 Å².